The molecule has 4 aromatic rings. The Bertz CT molecular complexity index is 1200. The molecule has 0 aliphatic carbocycles. The van der Waals surface area contributed by atoms with E-state index in [0.717, 1.165) is 6.54 Å². The fraction of sp³-hybridized carbons (Fsp3) is 0.286. The third-order valence-electron chi connectivity index (χ3n) is 6.17. The van der Waals surface area contributed by atoms with Gasteiger partial charge in [-0.2, -0.15) is 0 Å². The van der Waals surface area contributed by atoms with Crippen molar-refractivity contribution in [2.24, 2.45) is 0 Å². The van der Waals surface area contributed by atoms with Crippen molar-refractivity contribution in [3.8, 4) is 0 Å². The van der Waals surface area contributed by atoms with Crippen LogP contribution in [0.25, 0.3) is 21.5 Å². The number of benzene rings is 4. The van der Waals surface area contributed by atoms with Gasteiger partial charge in [-0.05, 0) is 52.4 Å². The maximum absolute atomic E-state index is 2.39. The van der Waals surface area contributed by atoms with Gasteiger partial charge >= 0.3 is 0 Å². The molecule has 0 bridgehead atoms. The molecule has 0 amide bonds. The Kier molecular flexibility index (Phi) is 5.42. The summed E-state index contributed by atoms with van der Waals surface area (Å²) in [6.07, 6.45) is 0. The predicted octanol–water partition coefficient (Wildman–Crippen LogP) is 7.13. The smallest absolute Gasteiger partial charge is 0.0446 e. The lowest BCUT2D eigenvalue weighted by atomic mass is 9.95. The van der Waals surface area contributed by atoms with E-state index in [2.05, 4.69) is 118 Å². The normalized spacial score (nSPS) is 11.4. The summed E-state index contributed by atoms with van der Waals surface area (Å²) in [5.41, 5.74) is 6.67. The van der Waals surface area contributed by atoms with E-state index in [-0.39, 0.29) is 0 Å². The van der Waals surface area contributed by atoms with E-state index >= 15 is 0 Å². The monoisotopic (exact) mass is 396 g/mol. The lowest BCUT2D eigenvalue weighted by molar-refractivity contribution is 0.876. The molecule has 2 heteroatoms. The number of anilines is 2. The van der Waals surface area contributed by atoms with Gasteiger partial charge in [0.15, 0.2) is 0 Å². The molecule has 154 valence electrons. The van der Waals surface area contributed by atoms with Crippen LogP contribution < -0.4 is 9.80 Å². The molecular formula is C28H32N2. The van der Waals surface area contributed by atoms with E-state index in [1.54, 1.807) is 0 Å². The van der Waals surface area contributed by atoms with Gasteiger partial charge in [0.2, 0.25) is 0 Å². The highest BCUT2D eigenvalue weighted by Gasteiger charge is 2.14. The third kappa shape index (κ3) is 3.52. The summed E-state index contributed by atoms with van der Waals surface area (Å²) in [6.45, 7) is 7.64. The highest BCUT2D eigenvalue weighted by Crippen LogP contribution is 2.35. The molecule has 0 saturated carbocycles. The number of aryl methyl sites for hydroxylation is 1. The van der Waals surface area contributed by atoms with Crippen molar-refractivity contribution >= 4 is 32.9 Å². The van der Waals surface area contributed by atoms with Gasteiger partial charge in [-0.1, -0.05) is 68.4 Å². The first-order chi connectivity index (χ1) is 14.4. The molecule has 0 radical (unpaired) electrons. The molecule has 30 heavy (non-hydrogen) atoms. The molecule has 0 aliphatic heterocycles. The van der Waals surface area contributed by atoms with Crippen molar-refractivity contribution in [1.29, 1.82) is 0 Å². The van der Waals surface area contributed by atoms with Crippen molar-refractivity contribution in [3.05, 3.63) is 83.4 Å². The summed E-state index contributed by atoms with van der Waals surface area (Å²) in [7, 11) is 6.44. The first-order valence-electron chi connectivity index (χ1n) is 10.8. The zero-order valence-electron chi connectivity index (χ0n) is 19.0. The molecule has 0 aliphatic rings. The van der Waals surface area contributed by atoms with Crippen LogP contribution in [0.2, 0.25) is 0 Å². The van der Waals surface area contributed by atoms with Crippen molar-refractivity contribution in [3.63, 3.8) is 0 Å². The van der Waals surface area contributed by atoms with Crippen LogP contribution in [0.4, 0.5) is 11.4 Å². The number of hydrogen-bond acceptors (Lipinski definition) is 2. The van der Waals surface area contributed by atoms with E-state index in [1.165, 1.54) is 49.6 Å². The fourth-order valence-electron chi connectivity index (χ4n) is 4.67. The van der Waals surface area contributed by atoms with Gasteiger partial charge in [0.25, 0.3) is 0 Å². The van der Waals surface area contributed by atoms with Crippen molar-refractivity contribution in [1.82, 2.24) is 0 Å². The highest BCUT2D eigenvalue weighted by atomic mass is 15.1. The second-order valence-electron chi connectivity index (χ2n) is 8.87. The molecule has 2 nitrogen and oxygen atoms in total. The summed E-state index contributed by atoms with van der Waals surface area (Å²) < 4.78 is 0. The van der Waals surface area contributed by atoms with Crippen molar-refractivity contribution < 1.29 is 0 Å². The number of rotatable bonds is 5. The minimum absolute atomic E-state index is 0.513. The van der Waals surface area contributed by atoms with Crippen LogP contribution in [0.5, 0.6) is 0 Å². The largest absolute Gasteiger partial charge is 0.377 e. The van der Waals surface area contributed by atoms with Gasteiger partial charge in [0, 0.05) is 49.8 Å². The van der Waals surface area contributed by atoms with Gasteiger partial charge in [0.05, 0.1) is 0 Å². The van der Waals surface area contributed by atoms with Gasteiger partial charge < -0.3 is 9.80 Å². The van der Waals surface area contributed by atoms with E-state index < -0.39 is 0 Å². The Hall–Kier alpha value is -3.00. The Morgan fingerprint density at radius 1 is 0.700 bits per heavy atom. The van der Waals surface area contributed by atoms with Gasteiger partial charge in [-0.25, -0.2) is 0 Å². The Labute approximate surface area is 180 Å². The molecule has 0 spiro atoms. The van der Waals surface area contributed by atoms with Crippen LogP contribution in [0.3, 0.4) is 0 Å². The summed E-state index contributed by atoms with van der Waals surface area (Å²) in [6, 6.07) is 24.6. The average Bonchev–Trinajstić information content (AvgIpc) is 2.72. The molecule has 0 heterocycles. The highest BCUT2D eigenvalue weighted by molar-refractivity contribution is 5.99. The number of hydrogen-bond donors (Lipinski definition) is 0. The summed E-state index contributed by atoms with van der Waals surface area (Å²) in [5, 5.41) is 5.39. The van der Waals surface area contributed by atoms with Gasteiger partial charge in [0.1, 0.15) is 0 Å². The maximum Gasteiger partial charge on any atom is 0.0446 e. The first kappa shape index (κ1) is 20.3. The average molecular weight is 397 g/mol. The molecule has 0 aromatic heterocycles. The fourth-order valence-corrected chi connectivity index (χ4v) is 4.67. The third-order valence-corrected chi connectivity index (χ3v) is 6.17. The molecule has 4 rings (SSSR count). The zero-order valence-corrected chi connectivity index (χ0v) is 19.0. The summed E-state index contributed by atoms with van der Waals surface area (Å²) >= 11 is 0. The Balaban J connectivity index is 1.81. The zero-order chi connectivity index (χ0) is 21.4. The van der Waals surface area contributed by atoms with E-state index in [0.29, 0.717) is 5.92 Å². The van der Waals surface area contributed by atoms with Crippen LogP contribution >= 0.6 is 0 Å². The van der Waals surface area contributed by atoms with Crippen LogP contribution in [0.1, 0.15) is 36.5 Å². The topological polar surface area (TPSA) is 6.48 Å². The molecular weight excluding hydrogens is 364 g/mol. The quantitative estimate of drug-likeness (QED) is 0.354. The van der Waals surface area contributed by atoms with Crippen molar-refractivity contribution in [2.45, 2.75) is 33.2 Å². The molecule has 0 saturated heterocycles. The number of fused-ring (bicyclic) bond motifs is 2. The Morgan fingerprint density at radius 2 is 1.37 bits per heavy atom. The molecule has 0 fully saturated rings. The van der Waals surface area contributed by atoms with Crippen LogP contribution in [-0.4, -0.2) is 21.1 Å². The van der Waals surface area contributed by atoms with Gasteiger partial charge in [-0.3, -0.25) is 0 Å². The molecule has 0 unspecified atom stereocenters. The predicted molar refractivity (Wildman–Crippen MR) is 133 cm³/mol. The molecule has 4 aromatic carbocycles. The van der Waals surface area contributed by atoms with Crippen LogP contribution in [0.15, 0.2) is 66.7 Å². The maximum atomic E-state index is 2.39. The number of nitrogens with zero attached hydrogens (tertiary/aromatic N) is 2. The lowest BCUT2D eigenvalue weighted by Crippen LogP contribution is -2.17. The summed E-state index contributed by atoms with van der Waals surface area (Å²) in [5.74, 6) is 0.513. The van der Waals surface area contributed by atoms with Crippen LogP contribution in [0, 0.1) is 6.92 Å². The minimum Gasteiger partial charge on any atom is -0.377 e. The minimum atomic E-state index is 0.513. The van der Waals surface area contributed by atoms with E-state index in [4.69, 9.17) is 0 Å². The SMILES string of the molecule is Cc1ccc(N(C)C)c2cccc(CN(C)c3cccc4c(C(C)C)cccc34)c12. The van der Waals surface area contributed by atoms with E-state index in [9.17, 15) is 0 Å². The van der Waals surface area contributed by atoms with Gasteiger partial charge in [-0.15, -0.1) is 0 Å². The van der Waals surface area contributed by atoms with E-state index in [1.807, 2.05) is 0 Å². The summed E-state index contributed by atoms with van der Waals surface area (Å²) in [4.78, 5) is 4.59. The first-order valence-corrected chi connectivity index (χ1v) is 10.8. The van der Waals surface area contributed by atoms with Crippen molar-refractivity contribution in [2.75, 3.05) is 30.9 Å². The molecule has 0 N–H and O–H groups in total. The van der Waals surface area contributed by atoms with Crippen LogP contribution in [-0.2, 0) is 6.54 Å². The Morgan fingerprint density at radius 3 is 2.10 bits per heavy atom. The second kappa shape index (κ2) is 8.02. The standard InChI is InChI=1S/C28H32N2/c1-19(2)22-11-8-13-24-23(22)12-9-15-27(24)30(6)18-21-10-7-14-25-26(29(4)5)17-16-20(3)28(21)25/h7-17,19H,18H2,1-6H3. The second-order valence-corrected chi connectivity index (χ2v) is 8.87. The lowest BCUT2D eigenvalue weighted by Gasteiger charge is -2.24. The molecule has 0 atom stereocenters.